The van der Waals surface area contributed by atoms with Gasteiger partial charge in [0.15, 0.2) is 0 Å². The van der Waals surface area contributed by atoms with Gasteiger partial charge in [-0.2, -0.15) is 0 Å². The van der Waals surface area contributed by atoms with Gasteiger partial charge in [0.2, 0.25) is 0 Å². The number of benzene rings is 1. The molecule has 1 aromatic carbocycles. The molecular formula is C12H17NO5. The number of aliphatic hydroxyl groups is 2. The van der Waals surface area contributed by atoms with Crippen molar-refractivity contribution in [2.45, 2.75) is 18.6 Å². The molecule has 6 heteroatoms. The number of rotatable bonds is 6. The lowest BCUT2D eigenvalue weighted by Gasteiger charge is -2.18. The van der Waals surface area contributed by atoms with E-state index in [-0.39, 0.29) is 13.0 Å². The molecule has 18 heavy (non-hydrogen) atoms. The molecule has 0 bridgehead atoms. The zero-order valence-corrected chi connectivity index (χ0v) is 10.0. The minimum atomic E-state index is -1.12. The van der Waals surface area contributed by atoms with E-state index in [1.165, 1.54) is 13.2 Å². The zero-order chi connectivity index (χ0) is 13.7. The Morgan fingerprint density at radius 2 is 2.11 bits per heavy atom. The standard InChI is InChI=1S/C12H17NO5/c1-18-10-4-8(12(17)9(14)6-13)3-2-7(10)5-11(15)16/h2-4,9,12,14,17H,5-6,13H2,1H3,(H,15,16). The number of aliphatic carboxylic acids is 1. The Morgan fingerprint density at radius 1 is 1.44 bits per heavy atom. The van der Waals surface area contributed by atoms with Crippen LogP contribution in [-0.4, -0.2) is 41.0 Å². The summed E-state index contributed by atoms with van der Waals surface area (Å²) in [6.45, 7) is -0.0691. The molecule has 6 nitrogen and oxygen atoms in total. The fourth-order valence-corrected chi connectivity index (χ4v) is 1.61. The Labute approximate surface area is 105 Å². The molecule has 5 N–H and O–H groups in total. The van der Waals surface area contributed by atoms with Crippen molar-refractivity contribution in [3.8, 4) is 5.75 Å². The number of hydrogen-bond acceptors (Lipinski definition) is 5. The molecule has 2 unspecified atom stereocenters. The molecule has 0 spiro atoms. The molecule has 0 saturated carbocycles. The molecule has 0 amide bonds. The summed E-state index contributed by atoms with van der Waals surface area (Å²) in [4.78, 5) is 10.6. The van der Waals surface area contributed by atoms with Crippen LogP contribution in [0.2, 0.25) is 0 Å². The van der Waals surface area contributed by atoms with E-state index in [4.69, 9.17) is 15.6 Å². The van der Waals surface area contributed by atoms with Crippen LogP contribution in [-0.2, 0) is 11.2 Å². The van der Waals surface area contributed by atoms with Gasteiger partial charge in [-0.15, -0.1) is 0 Å². The van der Waals surface area contributed by atoms with Gasteiger partial charge in [0.05, 0.1) is 19.6 Å². The van der Waals surface area contributed by atoms with Crippen molar-refractivity contribution in [3.63, 3.8) is 0 Å². The van der Waals surface area contributed by atoms with Gasteiger partial charge in [0, 0.05) is 12.1 Å². The molecule has 2 atom stereocenters. The number of aliphatic hydroxyl groups excluding tert-OH is 2. The SMILES string of the molecule is COc1cc(C(O)C(O)CN)ccc1CC(=O)O. The first kappa shape index (κ1) is 14.4. The highest BCUT2D eigenvalue weighted by molar-refractivity contribution is 5.71. The van der Waals surface area contributed by atoms with Gasteiger partial charge in [-0.25, -0.2) is 0 Å². The molecule has 100 valence electrons. The number of carboxylic acid groups (broad SMARTS) is 1. The van der Waals surface area contributed by atoms with E-state index in [9.17, 15) is 15.0 Å². The second-order valence-corrected chi connectivity index (χ2v) is 3.89. The topological polar surface area (TPSA) is 113 Å². The minimum absolute atomic E-state index is 0.0691. The van der Waals surface area contributed by atoms with Crippen LogP contribution in [0.1, 0.15) is 17.2 Å². The van der Waals surface area contributed by atoms with E-state index >= 15 is 0 Å². The number of hydrogen-bond donors (Lipinski definition) is 4. The van der Waals surface area contributed by atoms with E-state index < -0.39 is 18.2 Å². The Morgan fingerprint density at radius 3 is 2.61 bits per heavy atom. The molecular weight excluding hydrogens is 238 g/mol. The monoisotopic (exact) mass is 255 g/mol. The molecule has 1 rings (SSSR count). The highest BCUT2D eigenvalue weighted by atomic mass is 16.5. The van der Waals surface area contributed by atoms with E-state index in [0.29, 0.717) is 16.9 Å². The lowest BCUT2D eigenvalue weighted by Crippen LogP contribution is -2.27. The molecule has 1 aromatic rings. The van der Waals surface area contributed by atoms with Crippen LogP contribution in [0.4, 0.5) is 0 Å². The lowest BCUT2D eigenvalue weighted by molar-refractivity contribution is -0.136. The normalized spacial score (nSPS) is 14.0. The average molecular weight is 255 g/mol. The van der Waals surface area contributed by atoms with Crippen LogP contribution >= 0.6 is 0 Å². The van der Waals surface area contributed by atoms with Crippen molar-refractivity contribution in [2.75, 3.05) is 13.7 Å². The molecule has 0 aliphatic heterocycles. The number of carboxylic acids is 1. The molecule has 0 aromatic heterocycles. The number of carbonyl (C=O) groups is 1. The van der Waals surface area contributed by atoms with E-state index in [2.05, 4.69) is 0 Å². The Balaban J connectivity index is 3.01. The second-order valence-electron chi connectivity index (χ2n) is 3.89. The average Bonchev–Trinajstić information content (AvgIpc) is 2.36. The van der Waals surface area contributed by atoms with Crippen molar-refractivity contribution in [3.05, 3.63) is 29.3 Å². The summed E-state index contributed by atoms with van der Waals surface area (Å²) >= 11 is 0. The number of ether oxygens (including phenoxy) is 1. The van der Waals surface area contributed by atoms with Crippen LogP contribution in [0, 0.1) is 0 Å². The first-order valence-corrected chi connectivity index (χ1v) is 5.44. The van der Waals surface area contributed by atoms with Crippen molar-refractivity contribution < 1.29 is 24.9 Å². The third kappa shape index (κ3) is 3.43. The summed E-state index contributed by atoms with van der Waals surface area (Å²) in [6, 6.07) is 4.60. The van der Waals surface area contributed by atoms with Gasteiger partial charge in [0.25, 0.3) is 0 Å². The van der Waals surface area contributed by atoms with Gasteiger partial charge in [-0.1, -0.05) is 12.1 Å². The van der Waals surface area contributed by atoms with E-state index in [1.54, 1.807) is 12.1 Å². The van der Waals surface area contributed by atoms with Crippen molar-refractivity contribution in [1.29, 1.82) is 0 Å². The predicted octanol–water partition coefficient (Wildman–Crippen LogP) is -0.325. The molecule has 0 fully saturated rings. The van der Waals surface area contributed by atoms with Gasteiger partial charge in [0.1, 0.15) is 11.9 Å². The molecule has 0 radical (unpaired) electrons. The van der Waals surface area contributed by atoms with Crippen molar-refractivity contribution in [1.82, 2.24) is 0 Å². The molecule has 0 heterocycles. The molecule has 0 aliphatic carbocycles. The summed E-state index contributed by atoms with van der Waals surface area (Å²) < 4.78 is 5.06. The van der Waals surface area contributed by atoms with Crippen LogP contribution in [0.3, 0.4) is 0 Å². The second kappa shape index (κ2) is 6.34. The largest absolute Gasteiger partial charge is 0.496 e. The fraction of sp³-hybridized carbons (Fsp3) is 0.417. The maximum Gasteiger partial charge on any atom is 0.307 e. The molecule has 0 saturated heterocycles. The minimum Gasteiger partial charge on any atom is -0.496 e. The fourth-order valence-electron chi connectivity index (χ4n) is 1.61. The van der Waals surface area contributed by atoms with Crippen LogP contribution in [0.5, 0.6) is 5.75 Å². The first-order valence-electron chi connectivity index (χ1n) is 5.44. The third-order valence-electron chi connectivity index (χ3n) is 2.60. The summed E-state index contributed by atoms with van der Waals surface area (Å²) in [5, 5.41) is 28.0. The van der Waals surface area contributed by atoms with Crippen LogP contribution < -0.4 is 10.5 Å². The quantitative estimate of drug-likeness (QED) is 0.554. The highest BCUT2D eigenvalue weighted by Gasteiger charge is 2.18. The van der Waals surface area contributed by atoms with Gasteiger partial charge in [-0.05, 0) is 11.6 Å². The molecule has 0 aliphatic rings. The van der Waals surface area contributed by atoms with E-state index in [0.717, 1.165) is 0 Å². The van der Waals surface area contributed by atoms with Crippen molar-refractivity contribution in [2.24, 2.45) is 5.73 Å². The summed E-state index contributed by atoms with van der Waals surface area (Å²) in [6.07, 6.45) is -2.36. The van der Waals surface area contributed by atoms with Gasteiger partial charge in [-0.3, -0.25) is 4.79 Å². The maximum atomic E-state index is 10.6. The first-order chi connectivity index (χ1) is 8.49. The zero-order valence-electron chi connectivity index (χ0n) is 10.0. The summed E-state index contributed by atoms with van der Waals surface area (Å²) in [5.41, 5.74) is 6.19. The summed E-state index contributed by atoms with van der Waals surface area (Å²) in [7, 11) is 1.41. The number of methoxy groups -OCH3 is 1. The van der Waals surface area contributed by atoms with Crippen LogP contribution in [0.25, 0.3) is 0 Å². The number of nitrogens with two attached hydrogens (primary N) is 1. The van der Waals surface area contributed by atoms with E-state index in [1.807, 2.05) is 0 Å². The smallest absolute Gasteiger partial charge is 0.307 e. The summed E-state index contributed by atoms with van der Waals surface area (Å²) in [5.74, 6) is -0.609. The van der Waals surface area contributed by atoms with Gasteiger partial charge >= 0.3 is 5.97 Å². The van der Waals surface area contributed by atoms with Crippen LogP contribution in [0.15, 0.2) is 18.2 Å². The third-order valence-corrected chi connectivity index (χ3v) is 2.60. The maximum absolute atomic E-state index is 10.6. The Kier molecular flexibility index (Phi) is 5.08. The highest BCUT2D eigenvalue weighted by Crippen LogP contribution is 2.25. The van der Waals surface area contributed by atoms with Gasteiger partial charge < -0.3 is 25.8 Å². The van der Waals surface area contributed by atoms with Crippen molar-refractivity contribution >= 4 is 5.97 Å². The Hall–Kier alpha value is -1.63. The lowest BCUT2D eigenvalue weighted by atomic mass is 10.0. The predicted molar refractivity (Wildman–Crippen MR) is 64.4 cm³/mol. The Bertz CT molecular complexity index is 421.